The van der Waals surface area contributed by atoms with Gasteiger partial charge in [-0.3, -0.25) is 0 Å². The van der Waals surface area contributed by atoms with E-state index in [1.54, 1.807) is 7.11 Å². The van der Waals surface area contributed by atoms with Crippen molar-refractivity contribution in [2.24, 2.45) is 5.16 Å². The van der Waals surface area contributed by atoms with Crippen molar-refractivity contribution in [3.63, 3.8) is 0 Å². The average Bonchev–Trinajstić information content (AvgIpc) is 2.40. The molecule has 0 aromatic heterocycles. The average molecular weight is 241 g/mol. The van der Waals surface area contributed by atoms with E-state index in [1.807, 2.05) is 0 Å². The maximum atomic E-state index is 8.70. The molecule has 0 saturated heterocycles. The fourth-order valence-electron chi connectivity index (χ4n) is 2.87. The summed E-state index contributed by atoms with van der Waals surface area (Å²) in [6, 6.07) is 0. The zero-order valence-corrected chi connectivity index (χ0v) is 10.6. The molecule has 4 nitrogen and oxygen atoms in total. The first-order chi connectivity index (χ1) is 8.31. The van der Waals surface area contributed by atoms with Gasteiger partial charge in [0.2, 0.25) is 0 Å². The van der Waals surface area contributed by atoms with Crippen LogP contribution in [0, 0.1) is 0 Å². The fourth-order valence-corrected chi connectivity index (χ4v) is 2.87. The molecule has 2 saturated carbocycles. The highest BCUT2D eigenvalue weighted by Gasteiger charge is 2.26. The predicted molar refractivity (Wildman–Crippen MR) is 65.6 cm³/mol. The molecule has 0 aromatic carbocycles. The summed E-state index contributed by atoms with van der Waals surface area (Å²) < 4.78 is 11.6. The highest BCUT2D eigenvalue weighted by atomic mass is 16.5. The third-order valence-electron chi connectivity index (χ3n) is 3.95. The first-order valence-corrected chi connectivity index (χ1v) is 6.70. The molecule has 0 spiro atoms. The van der Waals surface area contributed by atoms with Gasteiger partial charge in [-0.25, -0.2) is 0 Å². The lowest BCUT2D eigenvalue weighted by molar-refractivity contribution is -0.0701. The highest BCUT2D eigenvalue weighted by molar-refractivity contribution is 5.84. The van der Waals surface area contributed by atoms with Crippen LogP contribution < -0.4 is 0 Å². The molecule has 2 fully saturated rings. The molecule has 2 aliphatic carbocycles. The number of rotatable bonds is 3. The van der Waals surface area contributed by atoms with E-state index in [0.29, 0.717) is 18.3 Å². The summed E-state index contributed by atoms with van der Waals surface area (Å²) >= 11 is 0. The molecular weight excluding hydrogens is 218 g/mol. The van der Waals surface area contributed by atoms with Crippen LogP contribution in [0.1, 0.15) is 51.4 Å². The van der Waals surface area contributed by atoms with Gasteiger partial charge >= 0.3 is 0 Å². The molecule has 2 rings (SSSR count). The van der Waals surface area contributed by atoms with Crippen LogP contribution in [0.25, 0.3) is 0 Å². The second-order valence-electron chi connectivity index (χ2n) is 5.15. The van der Waals surface area contributed by atoms with Crippen molar-refractivity contribution >= 4 is 5.71 Å². The minimum Gasteiger partial charge on any atom is -0.411 e. The molecule has 0 radical (unpaired) electrons. The predicted octanol–water partition coefficient (Wildman–Crippen LogP) is 2.73. The van der Waals surface area contributed by atoms with Crippen LogP contribution in [0.15, 0.2) is 5.16 Å². The van der Waals surface area contributed by atoms with Crippen molar-refractivity contribution < 1.29 is 14.7 Å². The summed E-state index contributed by atoms with van der Waals surface area (Å²) in [4.78, 5) is 0. The fraction of sp³-hybridized carbons (Fsp3) is 0.923. The van der Waals surface area contributed by atoms with E-state index in [-0.39, 0.29) is 0 Å². The van der Waals surface area contributed by atoms with Gasteiger partial charge in [0, 0.05) is 7.11 Å². The molecule has 0 amide bonds. The Labute approximate surface area is 103 Å². The second kappa shape index (κ2) is 6.36. The first kappa shape index (κ1) is 12.8. The van der Waals surface area contributed by atoms with Gasteiger partial charge in [-0.1, -0.05) is 5.16 Å². The number of ether oxygens (including phenoxy) is 2. The first-order valence-electron chi connectivity index (χ1n) is 6.70. The van der Waals surface area contributed by atoms with Gasteiger partial charge in [0.05, 0.1) is 24.0 Å². The van der Waals surface area contributed by atoms with Crippen LogP contribution in [-0.4, -0.2) is 36.3 Å². The molecule has 17 heavy (non-hydrogen) atoms. The largest absolute Gasteiger partial charge is 0.411 e. The molecule has 4 heteroatoms. The second-order valence-corrected chi connectivity index (χ2v) is 5.15. The van der Waals surface area contributed by atoms with Crippen LogP contribution >= 0.6 is 0 Å². The Morgan fingerprint density at radius 3 is 2.41 bits per heavy atom. The Morgan fingerprint density at radius 1 is 1.06 bits per heavy atom. The Kier molecular flexibility index (Phi) is 4.80. The van der Waals surface area contributed by atoms with Crippen molar-refractivity contribution in [3.8, 4) is 0 Å². The molecule has 0 heterocycles. The van der Waals surface area contributed by atoms with Crippen molar-refractivity contribution in [3.05, 3.63) is 0 Å². The molecule has 0 aliphatic heterocycles. The Bertz CT molecular complexity index is 257. The lowest BCUT2D eigenvalue weighted by Gasteiger charge is -2.32. The standard InChI is InChI=1S/C13H23NO3/c1-16-12-3-2-4-13(9-12)17-11-7-5-10(14-15)6-8-11/h11-13,15H,2-9H2,1H3. The van der Waals surface area contributed by atoms with E-state index in [0.717, 1.165) is 44.2 Å². The number of methoxy groups -OCH3 is 1. The number of oxime groups is 1. The maximum Gasteiger partial charge on any atom is 0.0603 e. The van der Waals surface area contributed by atoms with Crippen molar-refractivity contribution in [1.82, 2.24) is 0 Å². The molecule has 0 aromatic rings. The van der Waals surface area contributed by atoms with Crippen molar-refractivity contribution in [1.29, 1.82) is 0 Å². The SMILES string of the molecule is COC1CCCC(OC2CCC(=NO)CC2)C1. The van der Waals surface area contributed by atoms with Crippen LogP contribution in [0.4, 0.5) is 0 Å². The minimum atomic E-state index is 0.348. The number of hydrogen-bond acceptors (Lipinski definition) is 4. The van der Waals surface area contributed by atoms with E-state index in [4.69, 9.17) is 14.7 Å². The lowest BCUT2D eigenvalue weighted by Crippen LogP contribution is -2.32. The lowest BCUT2D eigenvalue weighted by atomic mass is 9.92. The van der Waals surface area contributed by atoms with Crippen molar-refractivity contribution in [2.45, 2.75) is 69.7 Å². The number of hydrogen-bond donors (Lipinski definition) is 1. The summed E-state index contributed by atoms with van der Waals surface area (Å²) in [6.45, 7) is 0. The molecule has 98 valence electrons. The molecule has 1 N–H and O–H groups in total. The van der Waals surface area contributed by atoms with Crippen LogP contribution in [0.5, 0.6) is 0 Å². The molecule has 2 atom stereocenters. The summed E-state index contributed by atoms with van der Waals surface area (Å²) in [7, 11) is 1.79. The van der Waals surface area contributed by atoms with Gasteiger partial charge in [0.15, 0.2) is 0 Å². The van der Waals surface area contributed by atoms with Crippen LogP contribution in [0.3, 0.4) is 0 Å². The molecule has 2 aliphatic rings. The monoisotopic (exact) mass is 241 g/mol. The quantitative estimate of drug-likeness (QED) is 0.610. The normalized spacial score (nSPS) is 34.6. The third kappa shape index (κ3) is 3.68. The summed E-state index contributed by atoms with van der Waals surface area (Å²) in [5.74, 6) is 0. The smallest absolute Gasteiger partial charge is 0.0603 e. The molecular formula is C13H23NO3. The van der Waals surface area contributed by atoms with E-state index in [2.05, 4.69) is 5.16 Å². The van der Waals surface area contributed by atoms with Crippen LogP contribution in [-0.2, 0) is 9.47 Å². The molecule has 0 bridgehead atoms. The van der Waals surface area contributed by atoms with Gasteiger partial charge in [0.25, 0.3) is 0 Å². The van der Waals surface area contributed by atoms with Crippen LogP contribution in [0.2, 0.25) is 0 Å². The topological polar surface area (TPSA) is 51.0 Å². The summed E-state index contributed by atoms with van der Waals surface area (Å²) in [6.07, 6.45) is 9.41. The minimum absolute atomic E-state index is 0.348. The Hall–Kier alpha value is -0.610. The Balaban J connectivity index is 1.74. The Morgan fingerprint density at radius 2 is 1.76 bits per heavy atom. The van der Waals surface area contributed by atoms with E-state index in [1.165, 1.54) is 12.8 Å². The van der Waals surface area contributed by atoms with Gasteiger partial charge < -0.3 is 14.7 Å². The zero-order chi connectivity index (χ0) is 12.1. The zero-order valence-electron chi connectivity index (χ0n) is 10.6. The maximum absolute atomic E-state index is 8.70. The summed E-state index contributed by atoms with van der Waals surface area (Å²) in [5, 5.41) is 12.0. The van der Waals surface area contributed by atoms with Gasteiger partial charge in [-0.2, -0.15) is 0 Å². The third-order valence-corrected chi connectivity index (χ3v) is 3.95. The van der Waals surface area contributed by atoms with E-state index >= 15 is 0 Å². The van der Waals surface area contributed by atoms with Crippen molar-refractivity contribution in [2.75, 3.05) is 7.11 Å². The van der Waals surface area contributed by atoms with E-state index in [9.17, 15) is 0 Å². The number of nitrogens with zero attached hydrogens (tertiary/aromatic N) is 1. The van der Waals surface area contributed by atoms with Gasteiger partial charge in [-0.05, 0) is 51.4 Å². The summed E-state index contributed by atoms with van der Waals surface area (Å²) in [5.41, 5.74) is 0.920. The van der Waals surface area contributed by atoms with Gasteiger partial charge in [0.1, 0.15) is 0 Å². The van der Waals surface area contributed by atoms with E-state index < -0.39 is 0 Å². The highest BCUT2D eigenvalue weighted by Crippen LogP contribution is 2.27. The molecule has 2 unspecified atom stereocenters. The van der Waals surface area contributed by atoms with Gasteiger partial charge in [-0.15, -0.1) is 0 Å².